The number of thiazole rings is 1. The first-order valence-corrected chi connectivity index (χ1v) is 6.47. The van der Waals surface area contributed by atoms with Crippen LogP contribution in [0.1, 0.15) is 40.0 Å². The first kappa shape index (κ1) is 12.3. The zero-order valence-corrected chi connectivity index (χ0v) is 11.4. The highest BCUT2D eigenvalue weighted by atomic mass is 32.1. The second kappa shape index (κ2) is 4.98. The monoisotopic (exact) mass is 251 g/mol. The molecule has 0 aliphatic carbocycles. The van der Waals surface area contributed by atoms with Crippen molar-refractivity contribution >= 4 is 11.3 Å². The first-order chi connectivity index (χ1) is 8.06. The van der Waals surface area contributed by atoms with Gasteiger partial charge in [-0.15, -0.1) is 11.3 Å². The number of nitrogens with zero attached hydrogens (tertiary/aromatic N) is 2. The van der Waals surface area contributed by atoms with Crippen LogP contribution in [-0.2, 0) is 6.54 Å². The highest BCUT2D eigenvalue weighted by Gasteiger charge is 2.13. The lowest BCUT2D eigenvalue weighted by Crippen LogP contribution is -2.19. The van der Waals surface area contributed by atoms with Crippen molar-refractivity contribution in [3.05, 3.63) is 33.1 Å². The van der Waals surface area contributed by atoms with Gasteiger partial charge in [0, 0.05) is 23.5 Å². The minimum atomic E-state index is 0.233. The summed E-state index contributed by atoms with van der Waals surface area (Å²) in [4.78, 5) is 5.82. The van der Waals surface area contributed by atoms with Crippen LogP contribution in [0.25, 0.3) is 0 Å². The van der Waals surface area contributed by atoms with E-state index >= 15 is 0 Å². The van der Waals surface area contributed by atoms with Gasteiger partial charge in [-0.2, -0.15) is 0 Å². The Labute approximate surface area is 105 Å². The quantitative estimate of drug-likeness (QED) is 0.907. The predicted molar refractivity (Wildman–Crippen MR) is 68.1 cm³/mol. The third kappa shape index (κ3) is 2.92. The fourth-order valence-electron chi connectivity index (χ4n) is 1.80. The van der Waals surface area contributed by atoms with Crippen molar-refractivity contribution < 1.29 is 4.52 Å². The molecule has 0 radical (unpaired) electrons. The zero-order valence-electron chi connectivity index (χ0n) is 10.6. The molecular formula is C12H17N3OS. The molecule has 2 aromatic rings. The van der Waals surface area contributed by atoms with E-state index in [1.165, 1.54) is 4.88 Å². The van der Waals surface area contributed by atoms with E-state index in [1.807, 2.05) is 19.9 Å². The Morgan fingerprint density at radius 1 is 1.41 bits per heavy atom. The Morgan fingerprint density at radius 2 is 2.18 bits per heavy atom. The van der Waals surface area contributed by atoms with Gasteiger partial charge in [0.15, 0.2) is 0 Å². The molecule has 0 saturated carbocycles. The van der Waals surface area contributed by atoms with Gasteiger partial charge in [-0.05, 0) is 27.7 Å². The first-order valence-electron chi connectivity index (χ1n) is 5.65. The molecule has 0 aliphatic rings. The summed E-state index contributed by atoms with van der Waals surface area (Å²) in [5.74, 6) is 0.843. The average molecular weight is 251 g/mol. The SMILES string of the molecule is Cc1cc(CNC(C)c2nc(C)sc2C)no1. The molecule has 0 aliphatic heterocycles. The van der Waals surface area contributed by atoms with Crippen LogP contribution in [0, 0.1) is 20.8 Å². The summed E-state index contributed by atoms with van der Waals surface area (Å²) in [6.07, 6.45) is 0. The molecular weight excluding hydrogens is 234 g/mol. The van der Waals surface area contributed by atoms with Crippen LogP contribution in [0.5, 0.6) is 0 Å². The summed E-state index contributed by atoms with van der Waals surface area (Å²) in [5, 5.41) is 8.47. The van der Waals surface area contributed by atoms with Crippen molar-refractivity contribution in [3.8, 4) is 0 Å². The molecule has 1 N–H and O–H groups in total. The third-order valence-electron chi connectivity index (χ3n) is 2.62. The Morgan fingerprint density at radius 3 is 2.71 bits per heavy atom. The number of nitrogens with one attached hydrogen (secondary N) is 1. The van der Waals surface area contributed by atoms with Crippen molar-refractivity contribution in [1.29, 1.82) is 0 Å². The van der Waals surface area contributed by atoms with Crippen molar-refractivity contribution in [2.24, 2.45) is 0 Å². The van der Waals surface area contributed by atoms with E-state index in [-0.39, 0.29) is 6.04 Å². The van der Waals surface area contributed by atoms with Crippen molar-refractivity contribution in [2.45, 2.75) is 40.3 Å². The lowest BCUT2D eigenvalue weighted by atomic mass is 10.2. The van der Waals surface area contributed by atoms with Gasteiger partial charge in [0.2, 0.25) is 0 Å². The third-order valence-corrected chi connectivity index (χ3v) is 3.52. The van der Waals surface area contributed by atoms with Crippen molar-refractivity contribution in [2.75, 3.05) is 0 Å². The molecule has 4 nitrogen and oxygen atoms in total. The van der Waals surface area contributed by atoms with E-state index in [1.54, 1.807) is 11.3 Å². The smallest absolute Gasteiger partial charge is 0.133 e. The molecule has 0 bridgehead atoms. The molecule has 0 fully saturated rings. The Hall–Kier alpha value is -1.20. The van der Waals surface area contributed by atoms with Crippen molar-refractivity contribution in [1.82, 2.24) is 15.5 Å². The topological polar surface area (TPSA) is 51.0 Å². The van der Waals surface area contributed by atoms with Gasteiger partial charge < -0.3 is 9.84 Å². The Bertz CT molecular complexity index is 504. The van der Waals surface area contributed by atoms with Gasteiger partial charge in [0.25, 0.3) is 0 Å². The fourth-order valence-corrected chi connectivity index (χ4v) is 2.72. The Balaban J connectivity index is 1.97. The lowest BCUT2D eigenvalue weighted by molar-refractivity contribution is 0.386. The van der Waals surface area contributed by atoms with Crippen LogP contribution in [0.4, 0.5) is 0 Å². The van der Waals surface area contributed by atoms with E-state index in [4.69, 9.17) is 4.52 Å². The van der Waals surface area contributed by atoms with E-state index in [9.17, 15) is 0 Å². The molecule has 0 aromatic carbocycles. The molecule has 1 atom stereocenters. The molecule has 2 rings (SSSR count). The number of aromatic nitrogens is 2. The molecule has 0 amide bonds. The molecule has 92 valence electrons. The zero-order chi connectivity index (χ0) is 12.4. The van der Waals surface area contributed by atoms with Crippen LogP contribution < -0.4 is 5.32 Å². The minimum absolute atomic E-state index is 0.233. The van der Waals surface area contributed by atoms with Gasteiger partial charge in [0.1, 0.15) is 5.76 Å². The number of aryl methyl sites for hydroxylation is 3. The highest BCUT2D eigenvalue weighted by molar-refractivity contribution is 7.11. The number of rotatable bonds is 4. The van der Waals surface area contributed by atoms with Gasteiger partial charge in [-0.1, -0.05) is 5.16 Å². The van der Waals surface area contributed by atoms with Crippen LogP contribution >= 0.6 is 11.3 Å². The largest absolute Gasteiger partial charge is 0.361 e. The fraction of sp³-hybridized carbons (Fsp3) is 0.500. The standard InChI is InChI=1S/C12H17N3OS/c1-7-5-11(15-16-7)6-13-8(2)12-9(3)17-10(4)14-12/h5,8,13H,6H2,1-4H3. The van der Waals surface area contributed by atoms with Crippen molar-refractivity contribution in [3.63, 3.8) is 0 Å². The molecule has 0 spiro atoms. The highest BCUT2D eigenvalue weighted by Crippen LogP contribution is 2.22. The second-order valence-electron chi connectivity index (χ2n) is 4.21. The lowest BCUT2D eigenvalue weighted by Gasteiger charge is -2.10. The van der Waals surface area contributed by atoms with Gasteiger partial charge >= 0.3 is 0 Å². The summed E-state index contributed by atoms with van der Waals surface area (Å²) < 4.78 is 5.03. The van der Waals surface area contributed by atoms with Gasteiger partial charge in [0.05, 0.1) is 16.4 Å². The van der Waals surface area contributed by atoms with E-state index in [2.05, 4.69) is 29.3 Å². The van der Waals surface area contributed by atoms with E-state index in [0.29, 0.717) is 6.54 Å². The molecule has 17 heavy (non-hydrogen) atoms. The van der Waals surface area contributed by atoms with E-state index < -0.39 is 0 Å². The van der Waals surface area contributed by atoms with Crippen LogP contribution in [0.3, 0.4) is 0 Å². The summed E-state index contributed by atoms with van der Waals surface area (Å²) in [5.41, 5.74) is 2.06. The van der Waals surface area contributed by atoms with Crippen LogP contribution in [0.2, 0.25) is 0 Å². The maximum absolute atomic E-state index is 5.03. The summed E-state index contributed by atoms with van der Waals surface area (Å²) in [7, 11) is 0. The van der Waals surface area contributed by atoms with Crippen LogP contribution in [0.15, 0.2) is 10.6 Å². The second-order valence-corrected chi connectivity index (χ2v) is 5.61. The number of hydrogen-bond acceptors (Lipinski definition) is 5. The summed E-state index contributed by atoms with van der Waals surface area (Å²) in [6.45, 7) is 8.87. The van der Waals surface area contributed by atoms with Crippen LogP contribution in [-0.4, -0.2) is 10.1 Å². The van der Waals surface area contributed by atoms with Gasteiger partial charge in [-0.25, -0.2) is 4.98 Å². The average Bonchev–Trinajstić information content (AvgIpc) is 2.81. The summed E-state index contributed by atoms with van der Waals surface area (Å²) >= 11 is 1.74. The number of hydrogen-bond donors (Lipinski definition) is 1. The van der Waals surface area contributed by atoms with Gasteiger partial charge in [-0.3, -0.25) is 0 Å². The Kier molecular flexibility index (Phi) is 3.59. The normalized spacial score (nSPS) is 12.9. The molecule has 2 heterocycles. The van der Waals surface area contributed by atoms with E-state index in [0.717, 1.165) is 22.2 Å². The predicted octanol–water partition coefficient (Wildman–Crippen LogP) is 2.91. The molecule has 2 aromatic heterocycles. The molecule has 0 saturated heterocycles. The molecule has 1 unspecified atom stereocenters. The molecule has 5 heteroatoms. The minimum Gasteiger partial charge on any atom is -0.361 e. The maximum Gasteiger partial charge on any atom is 0.133 e. The summed E-state index contributed by atoms with van der Waals surface area (Å²) in [6, 6.07) is 2.18. The maximum atomic E-state index is 5.03.